The number of carbonyl (C=O) groups is 2. The number of aromatic nitrogens is 2. The molecule has 1 amide bonds. The summed E-state index contributed by atoms with van der Waals surface area (Å²) in [6.07, 6.45) is 0.572. The molecule has 3 aliphatic rings. The molecular weight excluding hydrogens is 420 g/mol. The molecule has 0 radical (unpaired) electrons. The minimum Gasteiger partial charge on any atom is -0.550 e. The van der Waals surface area contributed by atoms with Crippen molar-refractivity contribution >= 4 is 17.8 Å². The summed E-state index contributed by atoms with van der Waals surface area (Å²) in [6, 6.07) is 6.88. The van der Waals surface area contributed by atoms with E-state index in [9.17, 15) is 14.7 Å². The molecule has 0 spiro atoms. The fraction of sp³-hybridized carbons (Fsp3) is 0.429. The third kappa shape index (κ3) is 4.16. The van der Waals surface area contributed by atoms with E-state index in [0.717, 1.165) is 11.3 Å². The molecule has 1 aromatic carbocycles. The summed E-state index contributed by atoms with van der Waals surface area (Å²) >= 11 is 0. The van der Waals surface area contributed by atoms with Crippen molar-refractivity contribution in [3.8, 4) is 22.8 Å². The number of benzene rings is 1. The van der Waals surface area contributed by atoms with Gasteiger partial charge in [0.1, 0.15) is 12.2 Å². The number of hydrogen-bond acceptors (Lipinski definition) is 10. The predicted molar refractivity (Wildman–Crippen MR) is 107 cm³/mol. The Hall–Kier alpha value is -3.44. The SMILES string of the molecule is O=C([O-])CCC(=O)N[C@H]1CO[C@H]2[C@@H]1OC[C@@H]2Nc1nccc(-c2ccc3c(c2)OCO3)n1. The third-order valence-electron chi connectivity index (χ3n) is 5.59. The van der Waals surface area contributed by atoms with Gasteiger partial charge >= 0.3 is 0 Å². The summed E-state index contributed by atoms with van der Waals surface area (Å²) in [5, 5.41) is 16.6. The lowest BCUT2D eigenvalue weighted by atomic mass is 10.1. The molecule has 5 rings (SSSR count). The van der Waals surface area contributed by atoms with Gasteiger partial charge in [0.15, 0.2) is 11.5 Å². The van der Waals surface area contributed by atoms with Crippen molar-refractivity contribution in [3.05, 3.63) is 30.5 Å². The Bertz CT molecular complexity index is 1030. The molecule has 0 saturated carbocycles. The Kier molecular flexibility index (Phi) is 5.50. The highest BCUT2D eigenvalue weighted by Crippen LogP contribution is 2.35. The van der Waals surface area contributed by atoms with Crippen molar-refractivity contribution in [3.63, 3.8) is 0 Å². The standard InChI is InChI=1S/C21H22N4O7/c26-17(3-4-18(27)28)23-13-8-29-20-14(9-30-19(13)20)25-21-22-6-5-12(24-21)11-1-2-15-16(7-11)32-10-31-15/h1-2,5-7,13-14,19-20H,3-4,8-10H2,(H,23,26)(H,27,28)(H,22,24,25)/p-1/t13-,14-,19+,20+/m0/s1. The van der Waals surface area contributed by atoms with Gasteiger partial charge in [0, 0.05) is 24.2 Å². The maximum atomic E-state index is 11.9. The van der Waals surface area contributed by atoms with Gasteiger partial charge < -0.3 is 39.5 Å². The van der Waals surface area contributed by atoms with Gasteiger partial charge in [-0.25, -0.2) is 9.97 Å². The number of carboxylic acids is 1. The monoisotopic (exact) mass is 441 g/mol. The average molecular weight is 441 g/mol. The summed E-state index contributed by atoms with van der Waals surface area (Å²) in [5.74, 6) is 0.178. The quantitative estimate of drug-likeness (QED) is 0.575. The van der Waals surface area contributed by atoms with Gasteiger partial charge in [-0.3, -0.25) is 4.79 Å². The zero-order chi connectivity index (χ0) is 22.1. The van der Waals surface area contributed by atoms with E-state index in [4.69, 9.17) is 18.9 Å². The molecule has 32 heavy (non-hydrogen) atoms. The molecule has 2 N–H and O–H groups in total. The Balaban J connectivity index is 1.22. The molecule has 2 saturated heterocycles. The second-order valence-electron chi connectivity index (χ2n) is 7.73. The number of carbonyl (C=O) groups excluding carboxylic acids is 2. The van der Waals surface area contributed by atoms with E-state index >= 15 is 0 Å². The minimum atomic E-state index is -1.26. The fourth-order valence-corrected chi connectivity index (χ4v) is 4.05. The Morgan fingerprint density at radius 3 is 2.66 bits per heavy atom. The van der Waals surface area contributed by atoms with Crippen molar-refractivity contribution in [1.82, 2.24) is 15.3 Å². The number of carboxylic acid groups (broad SMARTS) is 1. The van der Waals surface area contributed by atoms with E-state index in [-0.39, 0.29) is 56.4 Å². The number of nitrogens with one attached hydrogen (secondary N) is 2. The summed E-state index contributed by atoms with van der Waals surface area (Å²) in [4.78, 5) is 31.4. The lowest BCUT2D eigenvalue weighted by Crippen LogP contribution is -2.45. The number of amides is 1. The highest BCUT2D eigenvalue weighted by Gasteiger charge is 2.48. The third-order valence-corrected chi connectivity index (χ3v) is 5.59. The molecule has 3 aliphatic heterocycles. The van der Waals surface area contributed by atoms with Crippen LogP contribution in [0.4, 0.5) is 5.95 Å². The van der Waals surface area contributed by atoms with Crippen LogP contribution in [0.15, 0.2) is 30.5 Å². The molecule has 168 valence electrons. The number of rotatable bonds is 7. The molecule has 2 aromatic rings. The molecule has 11 heteroatoms. The van der Waals surface area contributed by atoms with Crippen LogP contribution >= 0.6 is 0 Å². The molecule has 4 atom stereocenters. The number of aliphatic carboxylic acids is 1. The van der Waals surface area contributed by atoms with Crippen LogP contribution < -0.4 is 25.2 Å². The van der Waals surface area contributed by atoms with Crippen LogP contribution in [0.3, 0.4) is 0 Å². The maximum absolute atomic E-state index is 11.9. The summed E-state index contributed by atoms with van der Waals surface area (Å²) in [7, 11) is 0. The van der Waals surface area contributed by atoms with Gasteiger partial charge in [-0.1, -0.05) is 0 Å². The molecule has 0 aliphatic carbocycles. The first-order valence-electron chi connectivity index (χ1n) is 10.3. The van der Waals surface area contributed by atoms with Crippen molar-refractivity contribution in [2.24, 2.45) is 0 Å². The van der Waals surface area contributed by atoms with Crippen LogP contribution in [0.2, 0.25) is 0 Å². The second kappa shape index (κ2) is 8.60. The molecule has 4 heterocycles. The van der Waals surface area contributed by atoms with Gasteiger partial charge in [0.05, 0.1) is 31.0 Å². The zero-order valence-electron chi connectivity index (χ0n) is 17.0. The van der Waals surface area contributed by atoms with Crippen molar-refractivity contribution < 1.29 is 33.6 Å². The van der Waals surface area contributed by atoms with Gasteiger partial charge in [0.25, 0.3) is 0 Å². The number of nitrogens with zero attached hydrogens (tertiary/aromatic N) is 2. The summed E-state index contributed by atoms with van der Waals surface area (Å²) in [6.45, 7) is 0.846. The zero-order valence-corrected chi connectivity index (χ0v) is 17.0. The number of hydrogen-bond donors (Lipinski definition) is 2. The van der Waals surface area contributed by atoms with Gasteiger partial charge in [-0.2, -0.15) is 0 Å². The second-order valence-corrected chi connectivity index (χ2v) is 7.73. The Morgan fingerprint density at radius 1 is 1.03 bits per heavy atom. The first-order valence-corrected chi connectivity index (χ1v) is 10.3. The van der Waals surface area contributed by atoms with E-state index in [0.29, 0.717) is 24.1 Å². The smallest absolute Gasteiger partial charge is 0.231 e. The molecule has 0 bridgehead atoms. The highest BCUT2D eigenvalue weighted by atomic mass is 16.7. The predicted octanol–water partition coefficient (Wildman–Crippen LogP) is -0.535. The lowest BCUT2D eigenvalue weighted by Gasteiger charge is -2.18. The molecule has 2 fully saturated rings. The van der Waals surface area contributed by atoms with Crippen molar-refractivity contribution in [1.29, 1.82) is 0 Å². The van der Waals surface area contributed by atoms with Gasteiger partial charge in [-0.15, -0.1) is 0 Å². The minimum absolute atomic E-state index is 0.140. The number of anilines is 1. The average Bonchev–Trinajstić information content (AvgIpc) is 3.50. The van der Waals surface area contributed by atoms with Crippen molar-refractivity contribution in [2.75, 3.05) is 25.3 Å². The van der Waals surface area contributed by atoms with Crippen LogP contribution in [0.5, 0.6) is 11.5 Å². The van der Waals surface area contributed by atoms with Gasteiger partial charge in [-0.05, 0) is 30.7 Å². The highest BCUT2D eigenvalue weighted by molar-refractivity contribution is 5.80. The molecule has 11 nitrogen and oxygen atoms in total. The summed E-state index contributed by atoms with van der Waals surface area (Å²) in [5.41, 5.74) is 1.60. The fourth-order valence-electron chi connectivity index (χ4n) is 4.05. The maximum Gasteiger partial charge on any atom is 0.231 e. The van der Waals surface area contributed by atoms with Crippen LogP contribution in [0, 0.1) is 0 Å². The van der Waals surface area contributed by atoms with Crippen molar-refractivity contribution in [2.45, 2.75) is 37.1 Å². The largest absolute Gasteiger partial charge is 0.550 e. The van der Waals surface area contributed by atoms with Crippen LogP contribution in [-0.4, -0.2) is 66.1 Å². The first-order chi connectivity index (χ1) is 15.6. The first kappa shape index (κ1) is 20.5. The Morgan fingerprint density at radius 2 is 1.81 bits per heavy atom. The molecule has 1 aromatic heterocycles. The van der Waals surface area contributed by atoms with Crippen LogP contribution in [0.1, 0.15) is 12.8 Å². The number of ether oxygens (including phenoxy) is 4. The Labute approximate surface area is 183 Å². The van der Waals surface area contributed by atoms with E-state index in [1.165, 1.54) is 0 Å². The number of fused-ring (bicyclic) bond motifs is 2. The summed E-state index contributed by atoms with van der Waals surface area (Å²) < 4.78 is 22.5. The van der Waals surface area contributed by atoms with E-state index < -0.39 is 5.97 Å². The van der Waals surface area contributed by atoms with E-state index in [1.54, 1.807) is 12.3 Å². The normalized spacial score (nSPS) is 25.4. The van der Waals surface area contributed by atoms with Gasteiger partial charge in [0.2, 0.25) is 18.6 Å². The topological polar surface area (TPSA) is 144 Å². The van der Waals surface area contributed by atoms with E-state index in [2.05, 4.69) is 20.6 Å². The molecular formula is C21H21N4O7-. The molecule has 0 unspecified atom stereocenters. The lowest BCUT2D eigenvalue weighted by molar-refractivity contribution is -0.305. The van der Waals surface area contributed by atoms with E-state index in [1.807, 2.05) is 18.2 Å². The van der Waals surface area contributed by atoms with Crippen LogP contribution in [-0.2, 0) is 19.1 Å². The van der Waals surface area contributed by atoms with Crippen LogP contribution in [0.25, 0.3) is 11.3 Å².